The summed E-state index contributed by atoms with van der Waals surface area (Å²) >= 11 is 0. The van der Waals surface area contributed by atoms with E-state index in [1.54, 1.807) is 0 Å². The largest absolute Gasteiger partial charge is 0.350 e. The van der Waals surface area contributed by atoms with Gasteiger partial charge in [-0.15, -0.1) is 0 Å². The number of ether oxygens (including phenoxy) is 1. The Bertz CT molecular complexity index is 548. The van der Waals surface area contributed by atoms with Crippen LogP contribution in [0, 0.1) is 11.6 Å². The van der Waals surface area contributed by atoms with Crippen molar-refractivity contribution in [1.29, 1.82) is 0 Å². The maximum Gasteiger partial charge on any atom is 0.263 e. The summed E-state index contributed by atoms with van der Waals surface area (Å²) in [6.45, 7) is 0.220. The number of benzene rings is 1. The van der Waals surface area contributed by atoms with Crippen LogP contribution in [-0.4, -0.2) is 31.3 Å². The molecule has 1 aromatic carbocycles. The normalized spacial score (nSPS) is 17.8. The fraction of sp³-hybridized carbons (Fsp3) is 0.429. The average molecular weight is 314 g/mol. The van der Waals surface area contributed by atoms with Crippen molar-refractivity contribution in [2.24, 2.45) is 0 Å². The lowest BCUT2D eigenvalue weighted by atomic mass is 10.2. The zero-order valence-electron chi connectivity index (χ0n) is 11.7. The number of hydrogen-bond donors (Lipinski definition) is 2. The molecule has 22 heavy (non-hydrogen) atoms. The third-order valence-electron chi connectivity index (χ3n) is 3.03. The molecule has 1 aliphatic rings. The van der Waals surface area contributed by atoms with Crippen LogP contribution in [-0.2, 0) is 14.4 Å². The first-order valence-corrected chi connectivity index (χ1v) is 6.85. The molecule has 0 radical (unpaired) electrons. The van der Waals surface area contributed by atoms with Gasteiger partial charge in [0.05, 0.1) is 6.54 Å². The van der Waals surface area contributed by atoms with Crippen molar-refractivity contribution < 1.29 is 27.9 Å². The van der Waals surface area contributed by atoms with Crippen LogP contribution in [0.5, 0.6) is 0 Å². The van der Waals surface area contributed by atoms with Gasteiger partial charge < -0.3 is 10.1 Å². The van der Waals surface area contributed by atoms with E-state index in [-0.39, 0.29) is 12.1 Å². The quantitative estimate of drug-likeness (QED) is 0.803. The highest BCUT2D eigenvalue weighted by atomic mass is 19.2. The van der Waals surface area contributed by atoms with E-state index in [0.29, 0.717) is 13.0 Å². The van der Waals surface area contributed by atoms with E-state index in [1.165, 1.54) is 0 Å². The highest BCUT2D eigenvalue weighted by Crippen LogP contribution is 2.12. The molecule has 0 aliphatic carbocycles. The van der Waals surface area contributed by atoms with E-state index in [1.807, 2.05) is 0 Å². The van der Waals surface area contributed by atoms with Crippen LogP contribution in [0.15, 0.2) is 18.2 Å². The Kier molecular flexibility index (Phi) is 5.79. The number of carbonyl (C=O) groups excluding carboxylic acids is 2. The molecule has 2 amide bonds. The first-order chi connectivity index (χ1) is 10.6. The van der Waals surface area contributed by atoms with Gasteiger partial charge in [0.1, 0.15) is 0 Å². The molecule has 8 heteroatoms. The maximum absolute atomic E-state index is 13.0. The molecule has 6 nitrogen and oxygen atoms in total. The maximum atomic E-state index is 13.0. The second-order valence-electron chi connectivity index (χ2n) is 4.75. The van der Waals surface area contributed by atoms with Gasteiger partial charge in [-0.25, -0.2) is 19.1 Å². The second-order valence-corrected chi connectivity index (χ2v) is 4.75. The number of hydrogen-bond acceptors (Lipinski definition) is 4. The summed E-state index contributed by atoms with van der Waals surface area (Å²) in [6, 6.07) is 2.72. The summed E-state index contributed by atoms with van der Waals surface area (Å²) in [5.41, 5.74) is 2.09. The van der Waals surface area contributed by atoms with Crippen molar-refractivity contribution in [3.8, 4) is 0 Å². The molecule has 1 fully saturated rings. The van der Waals surface area contributed by atoms with Crippen LogP contribution >= 0.6 is 0 Å². The number of carbonyl (C=O) groups is 2. The van der Waals surface area contributed by atoms with Crippen LogP contribution in [0.1, 0.15) is 29.6 Å². The molecule has 1 saturated heterocycles. The molecule has 1 heterocycles. The Morgan fingerprint density at radius 2 is 2.09 bits per heavy atom. The number of rotatable bonds is 5. The predicted molar refractivity (Wildman–Crippen MR) is 71.5 cm³/mol. The lowest BCUT2D eigenvalue weighted by Gasteiger charge is -2.22. The van der Waals surface area contributed by atoms with Crippen LogP contribution < -0.4 is 10.8 Å². The Morgan fingerprint density at radius 3 is 2.77 bits per heavy atom. The molecule has 2 N–H and O–H groups in total. The number of hydroxylamine groups is 1. The van der Waals surface area contributed by atoms with Gasteiger partial charge in [0, 0.05) is 18.6 Å². The molecule has 0 saturated carbocycles. The van der Waals surface area contributed by atoms with Gasteiger partial charge in [-0.05, 0) is 31.0 Å². The molecule has 0 unspecified atom stereocenters. The van der Waals surface area contributed by atoms with Crippen molar-refractivity contribution in [3.05, 3.63) is 35.4 Å². The smallest absolute Gasteiger partial charge is 0.263 e. The molecule has 0 spiro atoms. The summed E-state index contributed by atoms with van der Waals surface area (Å²) < 4.78 is 31.0. The Morgan fingerprint density at radius 1 is 1.27 bits per heavy atom. The monoisotopic (exact) mass is 314 g/mol. The third kappa shape index (κ3) is 4.74. The molecule has 1 aliphatic heterocycles. The van der Waals surface area contributed by atoms with Crippen LogP contribution in [0.25, 0.3) is 0 Å². The molecule has 0 bridgehead atoms. The molecule has 120 valence electrons. The van der Waals surface area contributed by atoms with Gasteiger partial charge in [0.2, 0.25) is 0 Å². The van der Waals surface area contributed by atoms with Crippen LogP contribution in [0.4, 0.5) is 8.78 Å². The fourth-order valence-corrected chi connectivity index (χ4v) is 1.87. The SMILES string of the molecule is O=C(CNC(=O)c1ccc(F)c(F)c1)NO[C@H]1CCCCO1. The van der Waals surface area contributed by atoms with Gasteiger partial charge in [0.15, 0.2) is 17.9 Å². The predicted octanol–water partition coefficient (Wildman–Crippen LogP) is 1.27. The first kappa shape index (κ1) is 16.3. The van der Waals surface area contributed by atoms with E-state index in [9.17, 15) is 18.4 Å². The molecular weight excluding hydrogens is 298 g/mol. The van der Waals surface area contributed by atoms with Gasteiger partial charge in [-0.3, -0.25) is 9.59 Å². The number of halogens is 2. The minimum atomic E-state index is -1.13. The van der Waals surface area contributed by atoms with Crippen molar-refractivity contribution >= 4 is 11.8 Å². The first-order valence-electron chi connectivity index (χ1n) is 6.85. The van der Waals surface area contributed by atoms with Crippen molar-refractivity contribution in [1.82, 2.24) is 10.8 Å². The molecular formula is C14H16F2N2O4. The summed E-state index contributed by atoms with van der Waals surface area (Å²) in [7, 11) is 0. The highest BCUT2D eigenvalue weighted by molar-refractivity contribution is 5.96. The van der Waals surface area contributed by atoms with Crippen molar-refractivity contribution in [2.45, 2.75) is 25.6 Å². The fourth-order valence-electron chi connectivity index (χ4n) is 1.87. The van der Waals surface area contributed by atoms with E-state index < -0.39 is 29.7 Å². The van der Waals surface area contributed by atoms with Gasteiger partial charge in [-0.1, -0.05) is 0 Å². The second kappa shape index (κ2) is 7.81. The van der Waals surface area contributed by atoms with Gasteiger partial charge >= 0.3 is 0 Å². The summed E-state index contributed by atoms with van der Waals surface area (Å²) in [5, 5.41) is 2.27. The van der Waals surface area contributed by atoms with E-state index in [0.717, 1.165) is 31.0 Å². The van der Waals surface area contributed by atoms with E-state index >= 15 is 0 Å². The zero-order chi connectivity index (χ0) is 15.9. The standard InChI is InChI=1S/C14H16F2N2O4/c15-10-5-4-9(7-11(10)16)14(20)17-8-12(19)18-22-13-3-1-2-6-21-13/h4-5,7,13H,1-3,6,8H2,(H,17,20)(H,18,19)/t13-/m0/s1. The van der Waals surface area contributed by atoms with Gasteiger partial charge in [-0.2, -0.15) is 0 Å². The molecule has 2 rings (SSSR count). The summed E-state index contributed by atoms with van der Waals surface area (Å²) in [4.78, 5) is 28.2. The lowest BCUT2D eigenvalue weighted by Crippen LogP contribution is -2.39. The molecule has 0 aromatic heterocycles. The van der Waals surface area contributed by atoms with Crippen molar-refractivity contribution in [2.75, 3.05) is 13.2 Å². The van der Waals surface area contributed by atoms with Gasteiger partial charge in [0.25, 0.3) is 11.8 Å². The summed E-state index contributed by atoms with van der Waals surface area (Å²) in [5.74, 6) is -3.45. The molecule has 1 atom stereocenters. The summed E-state index contributed by atoms with van der Waals surface area (Å²) in [6.07, 6.45) is 2.10. The van der Waals surface area contributed by atoms with E-state index in [2.05, 4.69) is 10.8 Å². The van der Waals surface area contributed by atoms with E-state index in [4.69, 9.17) is 9.57 Å². The Balaban J connectivity index is 1.73. The number of nitrogens with one attached hydrogen (secondary N) is 2. The number of amides is 2. The highest BCUT2D eigenvalue weighted by Gasteiger charge is 2.16. The van der Waals surface area contributed by atoms with Crippen LogP contribution in [0.2, 0.25) is 0 Å². The third-order valence-corrected chi connectivity index (χ3v) is 3.03. The lowest BCUT2D eigenvalue weighted by molar-refractivity contribution is -0.200. The molecule has 1 aromatic rings. The Labute approximate surface area is 125 Å². The zero-order valence-corrected chi connectivity index (χ0v) is 11.7. The minimum absolute atomic E-state index is 0.0803. The average Bonchev–Trinajstić information content (AvgIpc) is 2.54. The van der Waals surface area contributed by atoms with Crippen LogP contribution in [0.3, 0.4) is 0 Å². The Hall–Kier alpha value is -2.06. The topological polar surface area (TPSA) is 76.7 Å². The van der Waals surface area contributed by atoms with Crippen molar-refractivity contribution in [3.63, 3.8) is 0 Å². The minimum Gasteiger partial charge on any atom is -0.350 e.